The molecule has 0 spiro atoms. The fraction of sp³-hybridized carbons (Fsp3) is 0.556. The third kappa shape index (κ3) is 11.1. The Bertz CT molecular complexity index is 518. The van der Waals surface area contributed by atoms with Crippen molar-refractivity contribution < 1.29 is 29.6 Å². The zero-order chi connectivity index (χ0) is 19.2. The molecule has 1 aromatic carbocycles. The maximum atomic E-state index is 9.10. The molecule has 0 unspecified atom stereocenters. The first kappa shape index (κ1) is 22.9. The molecule has 0 amide bonds. The molecule has 4 N–H and O–H groups in total. The summed E-state index contributed by atoms with van der Waals surface area (Å²) >= 11 is 0. The molecule has 7 nitrogen and oxygen atoms in total. The molecule has 25 heavy (non-hydrogen) atoms. The van der Waals surface area contributed by atoms with E-state index < -0.39 is 11.9 Å². The van der Waals surface area contributed by atoms with E-state index in [4.69, 9.17) is 29.6 Å². The Morgan fingerprint density at radius 1 is 1.12 bits per heavy atom. The first-order valence-electron chi connectivity index (χ1n) is 8.30. The van der Waals surface area contributed by atoms with E-state index >= 15 is 0 Å². The number of hydrogen-bond acceptors (Lipinski definition) is 5. The van der Waals surface area contributed by atoms with Gasteiger partial charge in [-0.05, 0) is 55.5 Å². The molecule has 1 aromatic rings. The van der Waals surface area contributed by atoms with Gasteiger partial charge >= 0.3 is 11.9 Å². The number of aliphatic hydroxyl groups is 1. The number of aliphatic carboxylic acids is 2. The Morgan fingerprint density at radius 2 is 1.76 bits per heavy atom. The van der Waals surface area contributed by atoms with E-state index in [1.807, 2.05) is 0 Å². The SMILES string of the molecule is Cc1cc(OCCCCNCCO)ccc1C(C)C.O=C(O)C(=O)O. The van der Waals surface area contributed by atoms with Crippen molar-refractivity contribution in [1.82, 2.24) is 5.32 Å². The van der Waals surface area contributed by atoms with E-state index in [1.165, 1.54) is 11.1 Å². The average Bonchev–Trinajstić information content (AvgIpc) is 2.54. The lowest BCUT2D eigenvalue weighted by atomic mass is 9.98. The van der Waals surface area contributed by atoms with Crippen LogP contribution in [0.3, 0.4) is 0 Å². The van der Waals surface area contributed by atoms with Gasteiger partial charge < -0.3 is 25.4 Å². The second kappa shape index (κ2) is 13.2. The van der Waals surface area contributed by atoms with Crippen LogP contribution in [0.4, 0.5) is 0 Å². The molecule has 0 aliphatic heterocycles. The molecule has 0 atom stereocenters. The highest BCUT2D eigenvalue weighted by Crippen LogP contribution is 2.23. The summed E-state index contributed by atoms with van der Waals surface area (Å²) in [4.78, 5) is 18.2. The molecular weight excluding hydrogens is 326 g/mol. The summed E-state index contributed by atoms with van der Waals surface area (Å²) in [5, 5.41) is 26.6. The fourth-order valence-electron chi connectivity index (χ4n) is 2.13. The Kier molecular flexibility index (Phi) is 12.1. The Balaban J connectivity index is 0.000000823. The Morgan fingerprint density at radius 3 is 2.24 bits per heavy atom. The quantitative estimate of drug-likeness (QED) is 0.395. The molecule has 0 aliphatic rings. The van der Waals surface area contributed by atoms with Crippen LogP contribution in [-0.2, 0) is 9.59 Å². The highest BCUT2D eigenvalue weighted by molar-refractivity contribution is 6.27. The van der Waals surface area contributed by atoms with Crippen LogP contribution in [0, 0.1) is 6.92 Å². The molecule has 0 heterocycles. The zero-order valence-electron chi connectivity index (χ0n) is 15.1. The van der Waals surface area contributed by atoms with Gasteiger partial charge in [0.25, 0.3) is 0 Å². The number of aryl methyl sites for hydroxylation is 1. The highest BCUT2D eigenvalue weighted by Gasteiger charge is 2.05. The third-order valence-electron chi connectivity index (χ3n) is 3.35. The van der Waals surface area contributed by atoms with Gasteiger partial charge in [-0.1, -0.05) is 19.9 Å². The van der Waals surface area contributed by atoms with E-state index in [0.717, 1.165) is 31.7 Å². The van der Waals surface area contributed by atoms with Gasteiger partial charge in [0.1, 0.15) is 5.75 Å². The largest absolute Gasteiger partial charge is 0.494 e. The van der Waals surface area contributed by atoms with Crippen LogP contribution in [0.25, 0.3) is 0 Å². The van der Waals surface area contributed by atoms with Crippen LogP contribution < -0.4 is 10.1 Å². The van der Waals surface area contributed by atoms with E-state index in [-0.39, 0.29) is 6.61 Å². The molecule has 0 radical (unpaired) electrons. The first-order valence-corrected chi connectivity index (χ1v) is 8.30. The number of carboxylic acid groups (broad SMARTS) is 2. The number of rotatable bonds is 9. The monoisotopic (exact) mass is 355 g/mol. The molecule has 0 aliphatic carbocycles. The number of unbranched alkanes of at least 4 members (excludes halogenated alkanes) is 1. The van der Waals surface area contributed by atoms with Crippen LogP contribution >= 0.6 is 0 Å². The second-order valence-electron chi connectivity index (χ2n) is 5.81. The van der Waals surface area contributed by atoms with Crippen molar-refractivity contribution in [3.63, 3.8) is 0 Å². The first-order chi connectivity index (χ1) is 11.8. The lowest BCUT2D eigenvalue weighted by Gasteiger charge is -2.12. The van der Waals surface area contributed by atoms with Crippen molar-refractivity contribution in [3.8, 4) is 5.75 Å². The molecule has 7 heteroatoms. The number of carbonyl (C=O) groups is 2. The van der Waals surface area contributed by atoms with Crippen LogP contribution in [0.15, 0.2) is 18.2 Å². The molecule has 0 saturated heterocycles. The minimum Gasteiger partial charge on any atom is -0.494 e. The van der Waals surface area contributed by atoms with E-state index in [1.54, 1.807) is 0 Å². The van der Waals surface area contributed by atoms with Crippen molar-refractivity contribution >= 4 is 11.9 Å². The minimum absolute atomic E-state index is 0.206. The van der Waals surface area contributed by atoms with Gasteiger partial charge in [-0.2, -0.15) is 0 Å². The molecular formula is C18H29NO6. The highest BCUT2D eigenvalue weighted by atomic mass is 16.5. The van der Waals surface area contributed by atoms with Crippen molar-refractivity contribution in [2.75, 3.05) is 26.3 Å². The number of nitrogens with one attached hydrogen (secondary N) is 1. The number of carboxylic acids is 2. The van der Waals surface area contributed by atoms with Crippen LogP contribution in [0.5, 0.6) is 5.75 Å². The van der Waals surface area contributed by atoms with Gasteiger partial charge in [0.2, 0.25) is 0 Å². The van der Waals surface area contributed by atoms with Crippen molar-refractivity contribution in [2.24, 2.45) is 0 Å². The summed E-state index contributed by atoms with van der Waals surface area (Å²) in [7, 11) is 0. The maximum Gasteiger partial charge on any atom is 0.414 e. The van der Waals surface area contributed by atoms with Gasteiger partial charge in [-0.25, -0.2) is 9.59 Å². The summed E-state index contributed by atoms with van der Waals surface area (Å²) in [6.45, 7) is 9.14. The number of ether oxygens (including phenoxy) is 1. The maximum absolute atomic E-state index is 9.10. The molecule has 0 fully saturated rings. The predicted octanol–water partition coefficient (Wildman–Crippen LogP) is 2.01. The number of hydrogen-bond donors (Lipinski definition) is 4. The third-order valence-corrected chi connectivity index (χ3v) is 3.35. The van der Waals surface area contributed by atoms with Crippen molar-refractivity contribution in [2.45, 2.75) is 39.5 Å². The standard InChI is InChI=1S/C16H27NO2.C2H2O4/c1-13(2)16-7-6-15(12-14(16)3)19-11-5-4-8-17-9-10-18;3-1(4)2(5)6/h6-7,12-13,17-18H,4-5,8-11H2,1-3H3;(H,3,4)(H,5,6). The topological polar surface area (TPSA) is 116 Å². The lowest BCUT2D eigenvalue weighted by Crippen LogP contribution is -2.19. The Hall–Kier alpha value is -2.12. The number of benzene rings is 1. The van der Waals surface area contributed by atoms with Crippen molar-refractivity contribution in [1.29, 1.82) is 0 Å². The summed E-state index contributed by atoms with van der Waals surface area (Å²) in [5.41, 5.74) is 2.69. The molecule has 142 valence electrons. The van der Waals surface area contributed by atoms with Crippen LogP contribution in [-0.4, -0.2) is 53.6 Å². The average molecular weight is 355 g/mol. The fourth-order valence-corrected chi connectivity index (χ4v) is 2.13. The van der Waals surface area contributed by atoms with Crippen molar-refractivity contribution in [3.05, 3.63) is 29.3 Å². The molecule has 0 saturated carbocycles. The zero-order valence-corrected chi connectivity index (χ0v) is 15.1. The van der Waals surface area contributed by atoms with Gasteiger partial charge in [0.15, 0.2) is 0 Å². The smallest absolute Gasteiger partial charge is 0.414 e. The van der Waals surface area contributed by atoms with Gasteiger partial charge in [-0.3, -0.25) is 0 Å². The van der Waals surface area contributed by atoms with E-state index in [9.17, 15) is 0 Å². The molecule has 0 bridgehead atoms. The van der Waals surface area contributed by atoms with E-state index in [2.05, 4.69) is 44.3 Å². The summed E-state index contributed by atoms with van der Waals surface area (Å²) in [6, 6.07) is 6.35. The molecule has 1 rings (SSSR count). The van der Waals surface area contributed by atoms with E-state index in [0.29, 0.717) is 12.5 Å². The number of aliphatic hydroxyl groups excluding tert-OH is 1. The summed E-state index contributed by atoms with van der Waals surface area (Å²) in [6.07, 6.45) is 2.10. The normalized spacial score (nSPS) is 10.1. The van der Waals surface area contributed by atoms with Gasteiger partial charge in [0.05, 0.1) is 13.2 Å². The Labute approximate surface area is 148 Å². The van der Waals surface area contributed by atoms with Gasteiger partial charge in [-0.15, -0.1) is 0 Å². The minimum atomic E-state index is -1.82. The van der Waals surface area contributed by atoms with Crippen LogP contribution in [0.1, 0.15) is 43.7 Å². The summed E-state index contributed by atoms with van der Waals surface area (Å²) in [5.74, 6) is -2.12. The summed E-state index contributed by atoms with van der Waals surface area (Å²) < 4.78 is 5.75. The second-order valence-corrected chi connectivity index (χ2v) is 5.81. The molecule has 0 aromatic heterocycles. The van der Waals surface area contributed by atoms with Crippen LogP contribution in [0.2, 0.25) is 0 Å². The van der Waals surface area contributed by atoms with Gasteiger partial charge in [0, 0.05) is 6.54 Å². The lowest BCUT2D eigenvalue weighted by molar-refractivity contribution is -0.159. The predicted molar refractivity (Wildman–Crippen MR) is 95.2 cm³/mol.